The van der Waals surface area contributed by atoms with Crippen molar-refractivity contribution in [2.75, 3.05) is 12.4 Å². The first kappa shape index (κ1) is 23.3. The van der Waals surface area contributed by atoms with Gasteiger partial charge in [-0.25, -0.2) is 4.79 Å². The van der Waals surface area contributed by atoms with Crippen molar-refractivity contribution >= 4 is 57.8 Å². The number of benzene rings is 3. The summed E-state index contributed by atoms with van der Waals surface area (Å²) in [5.41, 5.74) is 1.29. The Morgan fingerprint density at radius 2 is 1.84 bits per heavy atom. The summed E-state index contributed by atoms with van der Waals surface area (Å²) < 4.78 is 11.5. The van der Waals surface area contributed by atoms with Gasteiger partial charge in [-0.2, -0.15) is 5.26 Å². The van der Waals surface area contributed by atoms with Gasteiger partial charge >= 0.3 is 5.97 Å². The summed E-state index contributed by atoms with van der Waals surface area (Å²) in [6, 6.07) is 20.4. The van der Waals surface area contributed by atoms with Crippen molar-refractivity contribution in [3.8, 4) is 17.6 Å². The topological polar surface area (TPSA) is 88.4 Å². The van der Waals surface area contributed by atoms with Crippen molar-refractivity contribution in [3.05, 3.63) is 92.0 Å². The fourth-order valence-corrected chi connectivity index (χ4v) is 3.65. The molecule has 3 aromatic carbocycles. The van der Waals surface area contributed by atoms with Gasteiger partial charge in [0.15, 0.2) is 11.5 Å². The Hall–Kier alpha value is -3.35. The molecule has 0 saturated heterocycles. The Labute approximate surface area is 203 Å². The zero-order chi connectivity index (χ0) is 23.1. The second-order valence-electron chi connectivity index (χ2n) is 6.42. The van der Waals surface area contributed by atoms with Crippen molar-refractivity contribution in [2.45, 2.75) is 0 Å². The molecule has 160 valence electrons. The summed E-state index contributed by atoms with van der Waals surface area (Å²) in [4.78, 5) is 25.0. The third-order valence-corrected chi connectivity index (χ3v) is 5.25. The second-order valence-corrected chi connectivity index (χ2v) is 8.02. The highest BCUT2D eigenvalue weighted by Gasteiger charge is 2.17. The van der Waals surface area contributed by atoms with Gasteiger partial charge in [-0.15, -0.1) is 0 Å². The molecule has 0 atom stereocenters. The smallest absolute Gasteiger partial charge is 0.343 e. The first-order valence-corrected chi connectivity index (χ1v) is 10.7. The van der Waals surface area contributed by atoms with E-state index < -0.39 is 11.9 Å². The maximum atomic E-state index is 12.5. The number of nitrogens with one attached hydrogen (secondary N) is 1. The number of methoxy groups -OCH3 is 1. The first-order chi connectivity index (χ1) is 15.4. The van der Waals surface area contributed by atoms with Crippen LogP contribution in [0, 0.1) is 14.9 Å². The molecule has 0 aromatic heterocycles. The minimum absolute atomic E-state index is 0.114. The van der Waals surface area contributed by atoms with Crippen LogP contribution in [0.5, 0.6) is 11.5 Å². The van der Waals surface area contributed by atoms with Crippen LogP contribution in [0.15, 0.2) is 72.3 Å². The van der Waals surface area contributed by atoms with Gasteiger partial charge in [0, 0.05) is 10.7 Å². The summed E-state index contributed by atoms with van der Waals surface area (Å²) in [7, 11) is 1.44. The van der Waals surface area contributed by atoms with E-state index in [0.29, 0.717) is 31.2 Å². The van der Waals surface area contributed by atoms with Crippen LogP contribution in [0.3, 0.4) is 0 Å². The van der Waals surface area contributed by atoms with Gasteiger partial charge in [0.05, 0.1) is 16.2 Å². The Balaban J connectivity index is 1.86. The Kier molecular flexibility index (Phi) is 7.87. The van der Waals surface area contributed by atoms with Crippen LogP contribution in [0.25, 0.3) is 6.08 Å². The minimum Gasteiger partial charge on any atom is -0.493 e. The molecule has 0 aliphatic carbocycles. The zero-order valence-electron chi connectivity index (χ0n) is 16.8. The molecule has 0 saturated carbocycles. The van der Waals surface area contributed by atoms with Crippen LogP contribution in [0.4, 0.5) is 5.69 Å². The van der Waals surface area contributed by atoms with E-state index in [4.69, 9.17) is 21.1 Å². The van der Waals surface area contributed by atoms with Crippen molar-refractivity contribution in [2.24, 2.45) is 0 Å². The Morgan fingerprint density at radius 3 is 2.50 bits per heavy atom. The quantitative estimate of drug-likeness (QED) is 0.137. The largest absolute Gasteiger partial charge is 0.493 e. The number of nitriles is 1. The molecule has 0 aliphatic heterocycles. The molecule has 6 nitrogen and oxygen atoms in total. The van der Waals surface area contributed by atoms with Crippen LogP contribution in [0.2, 0.25) is 5.02 Å². The molecule has 0 aliphatic rings. The number of nitrogens with zero attached hydrogens (tertiary/aromatic N) is 1. The Morgan fingerprint density at radius 1 is 1.09 bits per heavy atom. The fourth-order valence-electron chi connectivity index (χ4n) is 2.73. The average molecular weight is 559 g/mol. The number of hydrogen-bond donors (Lipinski definition) is 1. The molecule has 0 spiro atoms. The summed E-state index contributed by atoms with van der Waals surface area (Å²) in [5, 5.41) is 12.6. The monoisotopic (exact) mass is 558 g/mol. The first-order valence-electron chi connectivity index (χ1n) is 9.24. The number of carbonyl (C=O) groups excluding carboxylic acids is 2. The highest BCUT2D eigenvalue weighted by atomic mass is 127. The SMILES string of the molecule is COc1cc(/C=C(\C#N)C(=O)Nc2cccc(Cl)c2)cc(I)c1OC(=O)c1ccccc1. The molecule has 3 aromatic rings. The minimum atomic E-state index is -0.580. The molecule has 0 radical (unpaired) electrons. The van der Waals surface area contributed by atoms with Gasteiger partial charge < -0.3 is 14.8 Å². The van der Waals surface area contributed by atoms with Crippen LogP contribution < -0.4 is 14.8 Å². The number of rotatable bonds is 6. The highest BCUT2D eigenvalue weighted by molar-refractivity contribution is 14.1. The van der Waals surface area contributed by atoms with E-state index in [-0.39, 0.29) is 11.3 Å². The normalized spacial score (nSPS) is 10.8. The van der Waals surface area contributed by atoms with Crippen molar-refractivity contribution in [1.82, 2.24) is 0 Å². The lowest BCUT2D eigenvalue weighted by Gasteiger charge is -2.12. The number of carbonyl (C=O) groups is 2. The lowest BCUT2D eigenvalue weighted by atomic mass is 10.1. The van der Waals surface area contributed by atoms with E-state index in [1.54, 1.807) is 66.7 Å². The molecule has 0 heterocycles. The standard InChI is InChI=1S/C24H16ClIN2O4/c1-31-21-12-15(10-17(14-27)23(29)28-19-9-5-8-18(25)13-19)11-20(26)22(21)32-24(30)16-6-3-2-4-7-16/h2-13H,1H3,(H,28,29)/b17-10+. The predicted molar refractivity (Wildman–Crippen MR) is 131 cm³/mol. The van der Waals surface area contributed by atoms with E-state index in [0.717, 1.165) is 0 Å². The number of esters is 1. The molecule has 3 rings (SSSR count). The highest BCUT2D eigenvalue weighted by Crippen LogP contribution is 2.35. The van der Waals surface area contributed by atoms with E-state index in [2.05, 4.69) is 5.32 Å². The van der Waals surface area contributed by atoms with Crippen molar-refractivity contribution in [1.29, 1.82) is 5.26 Å². The van der Waals surface area contributed by atoms with Gasteiger partial charge in [0.25, 0.3) is 5.91 Å². The van der Waals surface area contributed by atoms with Crippen molar-refractivity contribution in [3.63, 3.8) is 0 Å². The summed E-state index contributed by atoms with van der Waals surface area (Å²) in [6.07, 6.45) is 1.42. The van der Waals surface area contributed by atoms with Crippen LogP contribution in [-0.2, 0) is 4.79 Å². The van der Waals surface area contributed by atoms with Gasteiger partial charge in [0.2, 0.25) is 0 Å². The molecule has 32 heavy (non-hydrogen) atoms. The van der Waals surface area contributed by atoms with Gasteiger partial charge in [0.1, 0.15) is 11.6 Å². The lowest BCUT2D eigenvalue weighted by Crippen LogP contribution is -2.13. The average Bonchev–Trinajstić information content (AvgIpc) is 2.79. The van der Waals surface area contributed by atoms with Crippen LogP contribution >= 0.6 is 34.2 Å². The molecule has 0 unspecified atom stereocenters. The summed E-state index contributed by atoms with van der Waals surface area (Å²) in [5.74, 6) is -0.562. The number of halogens is 2. The lowest BCUT2D eigenvalue weighted by molar-refractivity contribution is -0.112. The molecule has 0 fully saturated rings. The van der Waals surface area contributed by atoms with Gasteiger partial charge in [-0.1, -0.05) is 35.9 Å². The third kappa shape index (κ3) is 5.87. The second kappa shape index (κ2) is 10.8. The van der Waals surface area contributed by atoms with Crippen LogP contribution in [-0.4, -0.2) is 19.0 Å². The maximum Gasteiger partial charge on any atom is 0.343 e. The summed E-state index contributed by atoms with van der Waals surface area (Å²) in [6.45, 7) is 0. The molecule has 0 bridgehead atoms. The van der Waals surface area contributed by atoms with E-state index >= 15 is 0 Å². The third-order valence-electron chi connectivity index (χ3n) is 4.21. The Bertz CT molecular complexity index is 1240. The molecular formula is C24H16ClIN2O4. The number of ether oxygens (including phenoxy) is 2. The van der Waals surface area contributed by atoms with E-state index in [1.165, 1.54) is 13.2 Å². The molecule has 8 heteroatoms. The van der Waals surface area contributed by atoms with Gasteiger partial charge in [-0.05, 0) is 76.7 Å². The number of hydrogen-bond acceptors (Lipinski definition) is 5. The molecule has 1 N–H and O–H groups in total. The molecular weight excluding hydrogens is 543 g/mol. The van der Waals surface area contributed by atoms with Gasteiger partial charge in [-0.3, -0.25) is 4.79 Å². The van der Waals surface area contributed by atoms with E-state index in [1.807, 2.05) is 28.7 Å². The number of anilines is 1. The number of amides is 1. The van der Waals surface area contributed by atoms with E-state index in [9.17, 15) is 14.9 Å². The zero-order valence-corrected chi connectivity index (χ0v) is 19.7. The van der Waals surface area contributed by atoms with Crippen molar-refractivity contribution < 1.29 is 19.1 Å². The maximum absolute atomic E-state index is 12.5. The van der Waals surface area contributed by atoms with Crippen LogP contribution in [0.1, 0.15) is 15.9 Å². The summed E-state index contributed by atoms with van der Waals surface area (Å²) >= 11 is 7.93. The predicted octanol–water partition coefficient (Wildman–Crippen LogP) is 5.72. The molecule has 1 amide bonds. The fraction of sp³-hybridized carbons (Fsp3) is 0.0417.